The van der Waals surface area contributed by atoms with Gasteiger partial charge in [0, 0.05) is 6.42 Å². The van der Waals surface area contributed by atoms with Gasteiger partial charge >= 0.3 is 6.18 Å². The summed E-state index contributed by atoms with van der Waals surface area (Å²) in [7, 11) is 1.38. The number of halogens is 4. The van der Waals surface area contributed by atoms with Crippen LogP contribution in [0.25, 0.3) is 0 Å². The third-order valence-electron chi connectivity index (χ3n) is 2.65. The molecule has 1 aromatic carbocycles. The predicted octanol–water partition coefficient (Wildman–Crippen LogP) is 3.75. The van der Waals surface area contributed by atoms with Crippen molar-refractivity contribution in [1.29, 1.82) is 0 Å². The van der Waals surface area contributed by atoms with Gasteiger partial charge in [-0.05, 0) is 17.7 Å². The lowest BCUT2D eigenvalue weighted by Crippen LogP contribution is -2.10. The molecule has 0 saturated heterocycles. The molecule has 0 amide bonds. The van der Waals surface area contributed by atoms with Crippen molar-refractivity contribution in [3.8, 4) is 5.88 Å². The summed E-state index contributed by atoms with van der Waals surface area (Å²) in [6, 6.07) is 6.78. The lowest BCUT2D eigenvalue weighted by molar-refractivity contribution is -0.138. The molecule has 0 unspecified atom stereocenters. The van der Waals surface area contributed by atoms with Crippen molar-refractivity contribution >= 4 is 11.6 Å². The fourth-order valence-corrected chi connectivity index (χ4v) is 2.01. The SMILES string of the molecule is COc1nnc(Cc2ccccc2C(F)(F)F)cc1Cl. The third-order valence-corrected chi connectivity index (χ3v) is 2.93. The maximum atomic E-state index is 12.9. The van der Waals surface area contributed by atoms with Crippen molar-refractivity contribution in [2.75, 3.05) is 7.11 Å². The van der Waals surface area contributed by atoms with Crippen molar-refractivity contribution in [3.05, 3.63) is 52.2 Å². The second-order valence-electron chi connectivity index (χ2n) is 4.02. The van der Waals surface area contributed by atoms with Crippen LogP contribution >= 0.6 is 11.6 Å². The maximum absolute atomic E-state index is 12.9. The van der Waals surface area contributed by atoms with E-state index in [0.717, 1.165) is 6.07 Å². The summed E-state index contributed by atoms with van der Waals surface area (Å²) in [4.78, 5) is 0. The topological polar surface area (TPSA) is 35.0 Å². The van der Waals surface area contributed by atoms with Crippen molar-refractivity contribution < 1.29 is 17.9 Å². The molecule has 20 heavy (non-hydrogen) atoms. The van der Waals surface area contributed by atoms with Gasteiger partial charge in [0.25, 0.3) is 5.88 Å². The van der Waals surface area contributed by atoms with E-state index in [-0.39, 0.29) is 22.9 Å². The average molecular weight is 303 g/mol. The number of ether oxygens (including phenoxy) is 1. The first-order chi connectivity index (χ1) is 9.41. The zero-order valence-electron chi connectivity index (χ0n) is 10.4. The molecule has 3 nitrogen and oxygen atoms in total. The molecule has 1 aromatic heterocycles. The lowest BCUT2D eigenvalue weighted by atomic mass is 10.0. The maximum Gasteiger partial charge on any atom is 0.416 e. The van der Waals surface area contributed by atoms with Crippen LogP contribution in [0.1, 0.15) is 16.8 Å². The summed E-state index contributed by atoms with van der Waals surface area (Å²) in [5.41, 5.74) is -0.225. The second-order valence-corrected chi connectivity index (χ2v) is 4.43. The fraction of sp³-hybridized carbons (Fsp3) is 0.231. The first-order valence-corrected chi connectivity index (χ1v) is 6.01. The van der Waals surface area contributed by atoms with Gasteiger partial charge in [0.1, 0.15) is 5.02 Å². The highest BCUT2D eigenvalue weighted by molar-refractivity contribution is 6.31. The lowest BCUT2D eigenvalue weighted by Gasteiger charge is -2.12. The van der Waals surface area contributed by atoms with Crippen LogP contribution in [0, 0.1) is 0 Å². The van der Waals surface area contributed by atoms with Crippen LogP contribution in [0.2, 0.25) is 5.02 Å². The molecule has 2 aromatic rings. The Morgan fingerprint density at radius 2 is 1.90 bits per heavy atom. The molecule has 0 spiro atoms. The summed E-state index contributed by atoms with van der Waals surface area (Å²) >= 11 is 5.88. The number of rotatable bonds is 3. The van der Waals surface area contributed by atoms with E-state index in [2.05, 4.69) is 10.2 Å². The normalized spacial score (nSPS) is 11.4. The van der Waals surface area contributed by atoms with Crippen LogP contribution in [0.5, 0.6) is 5.88 Å². The van der Waals surface area contributed by atoms with Gasteiger partial charge in [-0.1, -0.05) is 29.8 Å². The Kier molecular flexibility index (Phi) is 4.13. The molecule has 0 fully saturated rings. The molecule has 1 heterocycles. The van der Waals surface area contributed by atoms with Gasteiger partial charge in [-0.15, -0.1) is 5.10 Å². The fourth-order valence-electron chi connectivity index (χ4n) is 1.77. The van der Waals surface area contributed by atoms with Gasteiger partial charge < -0.3 is 4.74 Å². The van der Waals surface area contributed by atoms with E-state index in [1.165, 1.54) is 25.3 Å². The Hall–Kier alpha value is -1.82. The number of alkyl halides is 3. The minimum absolute atomic E-state index is 0.00754. The number of aromatic nitrogens is 2. The van der Waals surface area contributed by atoms with Crippen molar-refractivity contribution in [3.63, 3.8) is 0 Å². The minimum atomic E-state index is -4.40. The van der Waals surface area contributed by atoms with E-state index in [4.69, 9.17) is 16.3 Å². The first kappa shape index (κ1) is 14.6. The van der Waals surface area contributed by atoms with Crippen molar-refractivity contribution in [1.82, 2.24) is 10.2 Å². The molecule has 0 aliphatic rings. The number of hydrogen-bond acceptors (Lipinski definition) is 3. The highest BCUT2D eigenvalue weighted by Crippen LogP contribution is 2.33. The summed E-state index contributed by atoms with van der Waals surface area (Å²) < 4.78 is 43.4. The second kappa shape index (κ2) is 5.66. The van der Waals surface area contributed by atoms with E-state index in [0.29, 0.717) is 5.69 Å². The Morgan fingerprint density at radius 3 is 2.50 bits per heavy atom. The summed E-state index contributed by atoms with van der Waals surface area (Å²) in [5.74, 6) is 0.138. The van der Waals surface area contributed by atoms with E-state index in [1.807, 2.05) is 0 Å². The molecule has 0 saturated carbocycles. The van der Waals surface area contributed by atoms with E-state index >= 15 is 0 Å². The molecule has 0 aliphatic carbocycles. The van der Waals surface area contributed by atoms with Crippen molar-refractivity contribution in [2.45, 2.75) is 12.6 Å². The highest BCUT2D eigenvalue weighted by atomic mass is 35.5. The molecule has 0 radical (unpaired) electrons. The molecule has 106 valence electrons. The number of benzene rings is 1. The van der Waals surface area contributed by atoms with Crippen molar-refractivity contribution in [2.24, 2.45) is 0 Å². The molecule has 7 heteroatoms. The van der Waals surface area contributed by atoms with Crippen LogP contribution in [0.3, 0.4) is 0 Å². The van der Waals surface area contributed by atoms with Crippen LogP contribution < -0.4 is 4.74 Å². The molecule has 0 N–H and O–H groups in total. The van der Waals surface area contributed by atoms with E-state index in [9.17, 15) is 13.2 Å². The number of methoxy groups -OCH3 is 1. The smallest absolute Gasteiger partial charge is 0.416 e. The van der Waals surface area contributed by atoms with Gasteiger partial charge in [0.2, 0.25) is 0 Å². The standard InChI is InChI=1S/C13H10ClF3N2O/c1-20-12-11(14)7-9(18-19-12)6-8-4-2-3-5-10(8)13(15,16)17/h2-5,7H,6H2,1H3. The zero-order chi connectivity index (χ0) is 14.8. The Balaban J connectivity index is 2.33. The summed E-state index contributed by atoms with van der Waals surface area (Å²) in [6.07, 6.45) is -4.41. The molecular weight excluding hydrogens is 293 g/mol. The Bertz CT molecular complexity index is 617. The Labute approximate surface area is 118 Å². The molecule has 0 atom stereocenters. The largest absolute Gasteiger partial charge is 0.479 e. The zero-order valence-corrected chi connectivity index (χ0v) is 11.2. The van der Waals surface area contributed by atoms with Gasteiger partial charge in [-0.2, -0.15) is 18.3 Å². The summed E-state index contributed by atoms with van der Waals surface area (Å²) in [6.45, 7) is 0. The predicted molar refractivity (Wildman–Crippen MR) is 67.8 cm³/mol. The molecular formula is C13H10ClF3N2O. The average Bonchev–Trinajstić information content (AvgIpc) is 2.38. The third kappa shape index (κ3) is 3.19. The quantitative estimate of drug-likeness (QED) is 0.866. The Morgan fingerprint density at radius 1 is 1.20 bits per heavy atom. The monoisotopic (exact) mass is 302 g/mol. The highest BCUT2D eigenvalue weighted by Gasteiger charge is 2.32. The minimum Gasteiger partial charge on any atom is -0.479 e. The van der Waals surface area contributed by atoms with Crippen LogP contribution in [0.15, 0.2) is 30.3 Å². The number of nitrogens with zero attached hydrogens (tertiary/aromatic N) is 2. The van der Waals surface area contributed by atoms with Crippen LogP contribution in [-0.2, 0) is 12.6 Å². The number of hydrogen-bond donors (Lipinski definition) is 0. The van der Waals surface area contributed by atoms with Gasteiger partial charge in [0.15, 0.2) is 0 Å². The summed E-state index contributed by atoms with van der Waals surface area (Å²) in [5, 5.41) is 7.71. The van der Waals surface area contributed by atoms with E-state index < -0.39 is 11.7 Å². The van der Waals surface area contributed by atoms with Gasteiger partial charge in [-0.3, -0.25) is 0 Å². The first-order valence-electron chi connectivity index (χ1n) is 5.63. The molecule has 0 bridgehead atoms. The van der Waals surface area contributed by atoms with Gasteiger partial charge in [-0.25, -0.2) is 0 Å². The molecule has 0 aliphatic heterocycles. The molecule has 2 rings (SSSR count). The van der Waals surface area contributed by atoms with E-state index in [1.54, 1.807) is 6.07 Å². The van der Waals surface area contributed by atoms with Crippen LogP contribution in [-0.4, -0.2) is 17.3 Å². The van der Waals surface area contributed by atoms with Crippen LogP contribution in [0.4, 0.5) is 13.2 Å². The van der Waals surface area contributed by atoms with Gasteiger partial charge in [0.05, 0.1) is 18.4 Å².